The SMILES string of the molecule is CCOC(=O)C1=CCCC(C)(C)C1=O. The van der Waals surface area contributed by atoms with E-state index in [9.17, 15) is 9.59 Å². The molecule has 14 heavy (non-hydrogen) atoms. The normalized spacial score (nSPS) is 20.2. The number of esters is 1. The van der Waals surface area contributed by atoms with Gasteiger partial charge in [-0.2, -0.15) is 0 Å². The first-order chi connectivity index (χ1) is 6.49. The first-order valence-electron chi connectivity index (χ1n) is 4.91. The smallest absolute Gasteiger partial charge is 0.341 e. The molecule has 0 aliphatic heterocycles. The molecule has 0 aromatic carbocycles. The molecule has 0 N–H and O–H groups in total. The molecule has 0 aromatic heterocycles. The van der Waals surface area contributed by atoms with Gasteiger partial charge in [-0.05, 0) is 19.8 Å². The van der Waals surface area contributed by atoms with Gasteiger partial charge < -0.3 is 4.74 Å². The van der Waals surface area contributed by atoms with Gasteiger partial charge >= 0.3 is 5.97 Å². The Bertz CT molecular complexity index is 287. The van der Waals surface area contributed by atoms with Crippen molar-refractivity contribution in [3.05, 3.63) is 11.6 Å². The minimum absolute atomic E-state index is 0.0952. The van der Waals surface area contributed by atoms with Gasteiger partial charge in [-0.15, -0.1) is 0 Å². The van der Waals surface area contributed by atoms with Crippen LogP contribution in [0.25, 0.3) is 0 Å². The van der Waals surface area contributed by atoms with Gasteiger partial charge in [0.05, 0.1) is 12.2 Å². The van der Waals surface area contributed by atoms with E-state index >= 15 is 0 Å². The highest BCUT2D eigenvalue weighted by molar-refractivity contribution is 6.19. The van der Waals surface area contributed by atoms with E-state index in [4.69, 9.17) is 4.74 Å². The maximum absolute atomic E-state index is 11.8. The summed E-state index contributed by atoms with van der Waals surface area (Å²) in [4.78, 5) is 23.2. The lowest BCUT2D eigenvalue weighted by molar-refractivity contribution is -0.141. The van der Waals surface area contributed by atoms with E-state index in [1.165, 1.54) is 0 Å². The number of carbonyl (C=O) groups is 2. The van der Waals surface area contributed by atoms with E-state index in [0.29, 0.717) is 6.61 Å². The lowest BCUT2D eigenvalue weighted by Gasteiger charge is -2.26. The quantitative estimate of drug-likeness (QED) is 0.500. The summed E-state index contributed by atoms with van der Waals surface area (Å²) in [5, 5.41) is 0. The fourth-order valence-corrected chi connectivity index (χ4v) is 1.53. The molecule has 3 nitrogen and oxygen atoms in total. The first-order valence-corrected chi connectivity index (χ1v) is 4.91. The van der Waals surface area contributed by atoms with Crippen molar-refractivity contribution >= 4 is 11.8 Å². The second-order valence-corrected chi connectivity index (χ2v) is 4.09. The second kappa shape index (κ2) is 3.95. The predicted octanol–water partition coefficient (Wildman–Crippen LogP) is 1.86. The van der Waals surface area contributed by atoms with Crippen molar-refractivity contribution in [1.82, 2.24) is 0 Å². The molecule has 3 heteroatoms. The van der Waals surface area contributed by atoms with Gasteiger partial charge in [-0.25, -0.2) is 4.79 Å². The topological polar surface area (TPSA) is 43.4 Å². The minimum atomic E-state index is -0.481. The fraction of sp³-hybridized carbons (Fsp3) is 0.636. The summed E-state index contributed by atoms with van der Waals surface area (Å²) in [6.45, 7) is 5.77. The van der Waals surface area contributed by atoms with Crippen LogP contribution in [0, 0.1) is 5.41 Å². The Balaban J connectivity index is 2.84. The highest BCUT2D eigenvalue weighted by Crippen LogP contribution is 2.32. The summed E-state index contributed by atoms with van der Waals surface area (Å²) in [6.07, 6.45) is 3.26. The molecule has 0 spiro atoms. The van der Waals surface area contributed by atoms with E-state index < -0.39 is 11.4 Å². The zero-order valence-electron chi connectivity index (χ0n) is 8.92. The number of carbonyl (C=O) groups excluding carboxylic acids is 2. The average molecular weight is 196 g/mol. The zero-order valence-corrected chi connectivity index (χ0v) is 8.92. The number of ether oxygens (including phenoxy) is 1. The Hall–Kier alpha value is -1.12. The second-order valence-electron chi connectivity index (χ2n) is 4.09. The molecular weight excluding hydrogens is 180 g/mol. The Kier molecular flexibility index (Phi) is 3.09. The van der Waals surface area contributed by atoms with Gasteiger partial charge in [0, 0.05) is 5.41 Å². The Morgan fingerprint density at radius 2 is 2.21 bits per heavy atom. The van der Waals surface area contributed by atoms with Crippen LogP contribution in [0.1, 0.15) is 33.6 Å². The maximum atomic E-state index is 11.8. The molecule has 1 rings (SSSR count). The monoisotopic (exact) mass is 196 g/mol. The summed E-state index contributed by atoms with van der Waals surface area (Å²) in [5.41, 5.74) is -0.195. The molecule has 0 bridgehead atoms. The Labute approximate surface area is 84.1 Å². The number of Topliss-reactive ketones (excluding diaryl/α,β-unsaturated/α-hetero) is 1. The standard InChI is InChI=1S/C11H16O3/c1-4-14-10(13)8-6-5-7-11(2,3)9(8)12/h6H,4-5,7H2,1-3H3. The Morgan fingerprint density at radius 3 is 2.79 bits per heavy atom. The molecule has 0 saturated heterocycles. The molecule has 0 heterocycles. The van der Waals surface area contributed by atoms with Crippen LogP contribution in [0.3, 0.4) is 0 Å². The molecule has 0 atom stereocenters. The molecular formula is C11H16O3. The van der Waals surface area contributed by atoms with Crippen LogP contribution in [0.4, 0.5) is 0 Å². The van der Waals surface area contributed by atoms with Gasteiger partial charge in [-0.3, -0.25) is 4.79 Å². The summed E-state index contributed by atoms with van der Waals surface area (Å²) >= 11 is 0. The predicted molar refractivity (Wildman–Crippen MR) is 52.7 cm³/mol. The summed E-state index contributed by atoms with van der Waals surface area (Å²) in [7, 11) is 0. The summed E-state index contributed by atoms with van der Waals surface area (Å²) in [5.74, 6) is -0.576. The van der Waals surface area contributed by atoms with Crippen molar-refractivity contribution in [1.29, 1.82) is 0 Å². The van der Waals surface area contributed by atoms with Crippen LogP contribution >= 0.6 is 0 Å². The minimum Gasteiger partial charge on any atom is -0.462 e. The van der Waals surface area contributed by atoms with Gasteiger partial charge in [0.1, 0.15) is 0 Å². The summed E-state index contributed by atoms with van der Waals surface area (Å²) in [6, 6.07) is 0. The number of hydrogen-bond donors (Lipinski definition) is 0. The fourth-order valence-electron chi connectivity index (χ4n) is 1.53. The van der Waals surface area contributed by atoms with E-state index in [2.05, 4.69) is 0 Å². The van der Waals surface area contributed by atoms with E-state index in [0.717, 1.165) is 12.8 Å². The van der Waals surface area contributed by atoms with Crippen molar-refractivity contribution < 1.29 is 14.3 Å². The van der Waals surface area contributed by atoms with Crippen LogP contribution in [-0.4, -0.2) is 18.4 Å². The van der Waals surface area contributed by atoms with E-state index in [-0.39, 0.29) is 11.4 Å². The third-order valence-corrected chi connectivity index (χ3v) is 2.47. The van der Waals surface area contributed by atoms with Crippen LogP contribution in [0.15, 0.2) is 11.6 Å². The van der Waals surface area contributed by atoms with E-state index in [1.807, 2.05) is 13.8 Å². The lowest BCUT2D eigenvalue weighted by Crippen LogP contribution is -2.32. The number of rotatable bonds is 2. The van der Waals surface area contributed by atoms with Gasteiger partial charge in [0.2, 0.25) is 0 Å². The third kappa shape index (κ3) is 2.03. The van der Waals surface area contributed by atoms with Gasteiger partial charge in [0.25, 0.3) is 0 Å². The van der Waals surface area contributed by atoms with Crippen LogP contribution < -0.4 is 0 Å². The van der Waals surface area contributed by atoms with E-state index in [1.54, 1.807) is 13.0 Å². The number of hydrogen-bond acceptors (Lipinski definition) is 3. The van der Waals surface area contributed by atoms with Crippen LogP contribution in [0.5, 0.6) is 0 Å². The summed E-state index contributed by atoms with van der Waals surface area (Å²) < 4.78 is 4.82. The molecule has 0 aromatic rings. The molecule has 0 amide bonds. The highest BCUT2D eigenvalue weighted by atomic mass is 16.5. The highest BCUT2D eigenvalue weighted by Gasteiger charge is 2.36. The molecule has 78 valence electrons. The molecule has 1 aliphatic carbocycles. The lowest BCUT2D eigenvalue weighted by atomic mass is 9.76. The molecule has 0 radical (unpaired) electrons. The maximum Gasteiger partial charge on any atom is 0.341 e. The Morgan fingerprint density at radius 1 is 1.57 bits per heavy atom. The van der Waals surface area contributed by atoms with Gasteiger partial charge in [0.15, 0.2) is 5.78 Å². The van der Waals surface area contributed by atoms with Crippen molar-refractivity contribution in [2.45, 2.75) is 33.6 Å². The first kappa shape index (κ1) is 11.0. The number of ketones is 1. The van der Waals surface area contributed by atoms with Crippen LogP contribution in [-0.2, 0) is 14.3 Å². The third-order valence-electron chi connectivity index (χ3n) is 2.47. The van der Waals surface area contributed by atoms with Crippen LogP contribution in [0.2, 0.25) is 0 Å². The molecule has 1 aliphatic rings. The molecule has 0 saturated carbocycles. The van der Waals surface area contributed by atoms with Crippen molar-refractivity contribution in [3.63, 3.8) is 0 Å². The zero-order chi connectivity index (χ0) is 10.8. The van der Waals surface area contributed by atoms with Crippen molar-refractivity contribution in [3.8, 4) is 0 Å². The van der Waals surface area contributed by atoms with Gasteiger partial charge in [-0.1, -0.05) is 19.9 Å². The molecule has 0 fully saturated rings. The van der Waals surface area contributed by atoms with Crippen molar-refractivity contribution in [2.24, 2.45) is 5.41 Å². The molecule has 0 unspecified atom stereocenters. The van der Waals surface area contributed by atoms with Crippen molar-refractivity contribution in [2.75, 3.05) is 6.61 Å². The number of allylic oxidation sites excluding steroid dienone is 1. The largest absolute Gasteiger partial charge is 0.462 e. The average Bonchev–Trinajstić information content (AvgIpc) is 2.10.